The van der Waals surface area contributed by atoms with E-state index in [2.05, 4.69) is 25.7 Å². The van der Waals surface area contributed by atoms with Crippen molar-refractivity contribution >= 4 is 34.6 Å². The van der Waals surface area contributed by atoms with Gasteiger partial charge in [-0.1, -0.05) is 20.8 Å². The lowest BCUT2D eigenvalue weighted by atomic mass is 9.56. The molecule has 1 aromatic carbocycles. The van der Waals surface area contributed by atoms with Crippen molar-refractivity contribution < 1.29 is 23.9 Å². The SMILES string of the molecule is CN1C(=O)N(C)C(=O)C2(Cc3cc4cc5c(cc4nc3N3[C@H]4CC(C)(C)C[C@](C)(C4)[C@@H]32)OCO5)C1=O. The van der Waals surface area contributed by atoms with E-state index in [1.807, 2.05) is 18.2 Å². The third-order valence-corrected chi connectivity index (χ3v) is 9.20. The lowest BCUT2D eigenvalue weighted by molar-refractivity contribution is -0.161. The Morgan fingerprint density at radius 2 is 1.61 bits per heavy atom. The van der Waals surface area contributed by atoms with Gasteiger partial charge in [-0.25, -0.2) is 9.78 Å². The molecule has 3 fully saturated rings. The van der Waals surface area contributed by atoms with Gasteiger partial charge < -0.3 is 14.4 Å². The summed E-state index contributed by atoms with van der Waals surface area (Å²) < 4.78 is 11.2. The van der Waals surface area contributed by atoms with E-state index in [4.69, 9.17) is 14.5 Å². The first-order chi connectivity index (χ1) is 16.9. The maximum absolute atomic E-state index is 14.1. The number of fused-ring (bicyclic) bond motifs is 10. The number of nitrogens with zero attached hydrogens (tertiary/aromatic N) is 4. The van der Waals surface area contributed by atoms with Crippen molar-refractivity contribution in [2.45, 2.75) is 58.5 Å². The largest absolute Gasteiger partial charge is 0.454 e. The number of hydrogen-bond acceptors (Lipinski definition) is 7. The van der Waals surface area contributed by atoms with Crippen LogP contribution in [0.1, 0.15) is 45.6 Å². The number of anilines is 1. The number of urea groups is 1. The highest BCUT2D eigenvalue weighted by atomic mass is 16.7. The molecule has 2 saturated heterocycles. The van der Waals surface area contributed by atoms with Crippen LogP contribution in [0.25, 0.3) is 10.9 Å². The van der Waals surface area contributed by atoms with E-state index < -0.39 is 23.3 Å². The van der Waals surface area contributed by atoms with E-state index in [-0.39, 0.29) is 36.1 Å². The molecular weight excluding hydrogens is 460 g/mol. The van der Waals surface area contributed by atoms with Crippen LogP contribution in [0.15, 0.2) is 18.2 Å². The number of rotatable bonds is 0. The molecule has 5 aliphatic rings. The molecule has 5 heterocycles. The third-order valence-electron chi connectivity index (χ3n) is 9.20. The van der Waals surface area contributed by atoms with Crippen LogP contribution < -0.4 is 14.4 Å². The van der Waals surface area contributed by atoms with Crippen LogP contribution in [-0.2, 0) is 16.0 Å². The molecule has 0 N–H and O–H groups in total. The van der Waals surface area contributed by atoms with Gasteiger partial charge in [0, 0.05) is 38.0 Å². The lowest BCUT2D eigenvalue weighted by Gasteiger charge is -2.54. The van der Waals surface area contributed by atoms with Crippen LogP contribution in [0, 0.1) is 16.2 Å². The van der Waals surface area contributed by atoms with Crippen LogP contribution in [0.4, 0.5) is 10.6 Å². The van der Waals surface area contributed by atoms with Crippen LogP contribution in [0.2, 0.25) is 0 Å². The van der Waals surface area contributed by atoms with Gasteiger partial charge in [-0.3, -0.25) is 19.4 Å². The number of carbonyl (C=O) groups is 3. The highest BCUT2D eigenvalue weighted by molar-refractivity contribution is 6.20. The monoisotopic (exact) mass is 490 g/mol. The summed E-state index contributed by atoms with van der Waals surface area (Å²) >= 11 is 0. The third kappa shape index (κ3) is 2.51. The molecule has 7 rings (SSSR count). The highest BCUT2D eigenvalue weighted by Gasteiger charge is 2.72. The summed E-state index contributed by atoms with van der Waals surface area (Å²) in [4.78, 5) is 50.6. The molecule has 1 saturated carbocycles. The number of imide groups is 2. The Kier molecular flexibility index (Phi) is 3.95. The first-order valence-electron chi connectivity index (χ1n) is 12.6. The molecule has 1 aromatic heterocycles. The van der Waals surface area contributed by atoms with Crippen molar-refractivity contribution in [2.24, 2.45) is 16.2 Å². The fourth-order valence-electron chi connectivity index (χ4n) is 8.39. The van der Waals surface area contributed by atoms with Gasteiger partial charge in [0.05, 0.1) is 11.6 Å². The fraction of sp³-hybridized carbons (Fsp3) is 0.556. The molecule has 1 spiro atoms. The van der Waals surface area contributed by atoms with Gasteiger partial charge >= 0.3 is 6.03 Å². The predicted molar refractivity (Wildman–Crippen MR) is 131 cm³/mol. The first kappa shape index (κ1) is 21.9. The molecule has 0 unspecified atom stereocenters. The highest BCUT2D eigenvalue weighted by Crippen LogP contribution is 2.64. The summed E-state index contributed by atoms with van der Waals surface area (Å²) in [6.07, 6.45) is 2.93. The predicted octanol–water partition coefficient (Wildman–Crippen LogP) is 3.33. The molecule has 2 bridgehead atoms. The molecule has 1 aliphatic carbocycles. The lowest BCUT2D eigenvalue weighted by Crippen LogP contribution is -2.72. The smallest absolute Gasteiger partial charge is 0.332 e. The Morgan fingerprint density at radius 1 is 0.944 bits per heavy atom. The molecule has 4 aliphatic heterocycles. The molecule has 2 aromatic rings. The standard InChI is InChI=1S/C27H30N4O5/c1-25(2)10-16-11-26(3,12-25)21-27(22(32)29(4)24(34)30(5)23(27)33)9-15-6-14-7-18-19(36-13-35-18)8-17(14)28-20(15)31(16)21/h6-8,16,21H,9-13H2,1-5H3/t16-,21+,26-/m0/s1. The number of aromatic nitrogens is 1. The van der Waals surface area contributed by atoms with Crippen molar-refractivity contribution in [1.82, 2.24) is 14.8 Å². The number of carbonyl (C=O) groups excluding carboxylic acids is 3. The normalized spacial score (nSPS) is 31.4. The second-order valence-corrected chi connectivity index (χ2v) is 12.4. The number of ether oxygens (including phenoxy) is 2. The maximum Gasteiger partial charge on any atom is 0.332 e. The molecule has 36 heavy (non-hydrogen) atoms. The van der Waals surface area contributed by atoms with E-state index in [9.17, 15) is 14.4 Å². The number of pyridine rings is 1. The number of barbiturate groups is 1. The van der Waals surface area contributed by atoms with Gasteiger partial charge in [-0.2, -0.15) is 0 Å². The summed E-state index contributed by atoms with van der Waals surface area (Å²) in [6, 6.07) is 5.02. The number of benzene rings is 1. The molecule has 188 valence electrons. The number of hydrogen-bond donors (Lipinski definition) is 0. The van der Waals surface area contributed by atoms with Crippen LogP contribution in [0.5, 0.6) is 11.5 Å². The van der Waals surface area contributed by atoms with E-state index >= 15 is 0 Å². The zero-order chi connectivity index (χ0) is 25.4. The van der Waals surface area contributed by atoms with Crippen molar-refractivity contribution in [3.05, 3.63) is 23.8 Å². The van der Waals surface area contributed by atoms with Gasteiger partial charge in [0.15, 0.2) is 16.9 Å². The molecule has 0 radical (unpaired) electrons. The minimum absolute atomic E-state index is 0.0492. The quantitative estimate of drug-likeness (QED) is 0.523. The van der Waals surface area contributed by atoms with Crippen molar-refractivity contribution in [3.63, 3.8) is 0 Å². The van der Waals surface area contributed by atoms with Crippen LogP contribution in [-0.4, -0.2) is 65.6 Å². The van der Waals surface area contributed by atoms with Crippen molar-refractivity contribution in [2.75, 3.05) is 25.8 Å². The summed E-state index contributed by atoms with van der Waals surface area (Å²) in [7, 11) is 2.98. The minimum atomic E-state index is -1.39. The second kappa shape index (κ2) is 6.49. The van der Waals surface area contributed by atoms with Gasteiger partial charge in [-0.15, -0.1) is 0 Å². The Morgan fingerprint density at radius 3 is 2.31 bits per heavy atom. The summed E-state index contributed by atoms with van der Waals surface area (Å²) in [5.41, 5.74) is 0.0186. The van der Waals surface area contributed by atoms with Gasteiger partial charge in [0.1, 0.15) is 5.82 Å². The summed E-state index contributed by atoms with van der Waals surface area (Å²) in [5, 5.41) is 0.869. The van der Waals surface area contributed by atoms with Gasteiger partial charge in [0.2, 0.25) is 18.6 Å². The molecule has 9 heteroatoms. The summed E-state index contributed by atoms with van der Waals surface area (Å²) in [5.74, 6) is 1.36. The minimum Gasteiger partial charge on any atom is -0.454 e. The molecule has 3 atom stereocenters. The van der Waals surface area contributed by atoms with Crippen LogP contribution in [0.3, 0.4) is 0 Å². The average Bonchev–Trinajstić information content (AvgIpc) is 3.36. The summed E-state index contributed by atoms with van der Waals surface area (Å²) in [6.45, 7) is 6.93. The van der Waals surface area contributed by atoms with E-state index in [0.29, 0.717) is 11.5 Å². The van der Waals surface area contributed by atoms with E-state index in [1.165, 1.54) is 14.1 Å². The Labute approximate surface area is 209 Å². The van der Waals surface area contributed by atoms with Gasteiger partial charge in [0.25, 0.3) is 0 Å². The first-order valence-corrected chi connectivity index (χ1v) is 12.6. The zero-order valence-corrected chi connectivity index (χ0v) is 21.3. The second-order valence-electron chi connectivity index (χ2n) is 12.4. The fourth-order valence-corrected chi connectivity index (χ4v) is 8.39. The Bertz CT molecular complexity index is 1380. The van der Waals surface area contributed by atoms with E-state index in [0.717, 1.165) is 51.3 Å². The molecule has 9 nitrogen and oxygen atoms in total. The Balaban J connectivity index is 1.51. The van der Waals surface area contributed by atoms with Gasteiger partial charge in [-0.05, 0) is 47.8 Å². The topological polar surface area (TPSA) is 92.3 Å². The molecular formula is C27H30N4O5. The van der Waals surface area contributed by atoms with Crippen LogP contribution >= 0.6 is 0 Å². The average molecular weight is 491 g/mol. The zero-order valence-electron chi connectivity index (χ0n) is 21.3. The maximum atomic E-state index is 14.1. The van der Waals surface area contributed by atoms with E-state index in [1.54, 1.807) is 0 Å². The Hall–Kier alpha value is -3.36. The number of amides is 4. The molecule has 4 amide bonds. The van der Waals surface area contributed by atoms with Crippen molar-refractivity contribution in [3.8, 4) is 11.5 Å². The van der Waals surface area contributed by atoms with Crippen molar-refractivity contribution in [1.29, 1.82) is 0 Å².